The summed E-state index contributed by atoms with van der Waals surface area (Å²) in [5, 5.41) is 0. The topological polar surface area (TPSA) is 18.5 Å². The van der Waals surface area contributed by atoms with Crippen molar-refractivity contribution in [2.24, 2.45) is 0 Å². The number of allylic oxidation sites excluding steroid dienone is 1. The summed E-state index contributed by atoms with van der Waals surface area (Å²) in [5.74, 6) is 0. The van der Waals surface area contributed by atoms with Gasteiger partial charge in [-0.05, 0) is 36.5 Å². The molecule has 162 valence electrons. The highest BCUT2D eigenvalue weighted by atomic mass is 127. The standard InChI is InChI=1S/C24H47IO2/c1-2-3-4-5-13-16-19-22-26-24-27-23-20-17-14-11-9-7-6-8-10-12-15-18-21-25/h14,17H,2-13,15-16,18-24H2,1H3. The smallest absolute Gasteiger partial charge is 0.146 e. The molecule has 0 bridgehead atoms. The van der Waals surface area contributed by atoms with E-state index in [9.17, 15) is 0 Å². The van der Waals surface area contributed by atoms with Gasteiger partial charge in [0.25, 0.3) is 0 Å². The van der Waals surface area contributed by atoms with Gasteiger partial charge in [-0.1, -0.05) is 119 Å². The molecule has 0 heterocycles. The molecule has 0 atom stereocenters. The van der Waals surface area contributed by atoms with Crippen molar-refractivity contribution in [1.29, 1.82) is 0 Å². The van der Waals surface area contributed by atoms with Crippen LogP contribution in [0.4, 0.5) is 0 Å². The van der Waals surface area contributed by atoms with Gasteiger partial charge in [0.1, 0.15) is 6.79 Å². The lowest BCUT2D eigenvalue weighted by Crippen LogP contribution is -2.02. The van der Waals surface area contributed by atoms with Crippen molar-refractivity contribution in [3.05, 3.63) is 12.2 Å². The van der Waals surface area contributed by atoms with Crippen molar-refractivity contribution in [1.82, 2.24) is 0 Å². The first-order valence-electron chi connectivity index (χ1n) is 11.8. The van der Waals surface area contributed by atoms with Crippen LogP contribution >= 0.6 is 22.6 Å². The first kappa shape index (κ1) is 27.4. The SMILES string of the molecule is CCCCCCCCCOCOCCC=CCCCCCCCCCCI. The first-order chi connectivity index (χ1) is 13.4. The summed E-state index contributed by atoms with van der Waals surface area (Å²) < 4.78 is 12.4. The zero-order valence-corrected chi connectivity index (χ0v) is 20.4. The summed E-state index contributed by atoms with van der Waals surface area (Å²) in [7, 11) is 0. The average molecular weight is 495 g/mol. The second kappa shape index (κ2) is 26.4. The van der Waals surface area contributed by atoms with Crippen LogP contribution < -0.4 is 0 Å². The zero-order chi connectivity index (χ0) is 19.7. The Hall–Kier alpha value is 0.390. The largest absolute Gasteiger partial charge is 0.355 e. The van der Waals surface area contributed by atoms with Crippen molar-refractivity contribution in [2.45, 2.75) is 116 Å². The Balaban J connectivity index is 3.05. The van der Waals surface area contributed by atoms with Crippen LogP contribution in [0.1, 0.15) is 116 Å². The molecule has 0 spiro atoms. The molecule has 0 N–H and O–H groups in total. The van der Waals surface area contributed by atoms with Crippen molar-refractivity contribution < 1.29 is 9.47 Å². The Kier molecular flexibility index (Phi) is 26.8. The van der Waals surface area contributed by atoms with Crippen molar-refractivity contribution >= 4 is 22.6 Å². The highest BCUT2D eigenvalue weighted by molar-refractivity contribution is 14.1. The molecule has 0 saturated heterocycles. The molecule has 27 heavy (non-hydrogen) atoms. The molecule has 0 aliphatic rings. The lowest BCUT2D eigenvalue weighted by molar-refractivity contribution is -0.0531. The minimum Gasteiger partial charge on any atom is -0.355 e. The van der Waals surface area contributed by atoms with Crippen LogP contribution in [0, 0.1) is 0 Å². The molecular weight excluding hydrogens is 447 g/mol. The molecule has 0 aromatic heterocycles. The van der Waals surface area contributed by atoms with Crippen LogP contribution in [-0.2, 0) is 9.47 Å². The molecule has 0 rings (SSSR count). The predicted octanol–water partition coefficient (Wildman–Crippen LogP) is 8.62. The Labute approximate surface area is 184 Å². The molecule has 0 amide bonds. The Bertz CT molecular complexity index is 282. The van der Waals surface area contributed by atoms with Gasteiger partial charge in [-0.25, -0.2) is 0 Å². The van der Waals surface area contributed by atoms with Crippen molar-refractivity contribution in [3.63, 3.8) is 0 Å². The molecule has 0 saturated carbocycles. The average Bonchev–Trinajstić information content (AvgIpc) is 2.68. The van der Waals surface area contributed by atoms with Gasteiger partial charge in [0.2, 0.25) is 0 Å². The van der Waals surface area contributed by atoms with Gasteiger partial charge in [-0.2, -0.15) is 0 Å². The maximum atomic E-state index is 5.53. The van der Waals surface area contributed by atoms with E-state index in [-0.39, 0.29) is 0 Å². The number of unbranched alkanes of at least 4 members (excludes halogenated alkanes) is 14. The summed E-state index contributed by atoms with van der Waals surface area (Å²) in [6, 6.07) is 0. The van der Waals surface area contributed by atoms with Gasteiger partial charge >= 0.3 is 0 Å². The predicted molar refractivity (Wildman–Crippen MR) is 129 cm³/mol. The van der Waals surface area contributed by atoms with Crippen LogP contribution in [0.15, 0.2) is 12.2 Å². The molecule has 3 heteroatoms. The summed E-state index contributed by atoms with van der Waals surface area (Å²) in [5.41, 5.74) is 0. The fraction of sp³-hybridized carbons (Fsp3) is 0.917. The number of ether oxygens (including phenoxy) is 2. The third kappa shape index (κ3) is 26.4. The monoisotopic (exact) mass is 494 g/mol. The molecular formula is C24H47IO2. The Morgan fingerprint density at radius 2 is 1.07 bits per heavy atom. The van der Waals surface area contributed by atoms with E-state index in [0.29, 0.717) is 6.79 Å². The van der Waals surface area contributed by atoms with Crippen LogP contribution in [0.3, 0.4) is 0 Å². The molecule has 0 fully saturated rings. The van der Waals surface area contributed by atoms with Crippen LogP contribution in [0.25, 0.3) is 0 Å². The molecule has 0 aromatic rings. The second-order valence-corrected chi connectivity index (χ2v) is 8.70. The maximum Gasteiger partial charge on any atom is 0.146 e. The van der Waals surface area contributed by atoms with Crippen molar-refractivity contribution in [2.75, 3.05) is 24.4 Å². The Morgan fingerprint density at radius 1 is 0.556 bits per heavy atom. The van der Waals surface area contributed by atoms with E-state index in [0.717, 1.165) is 19.6 Å². The fourth-order valence-corrected chi connectivity index (χ4v) is 3.68. The van der Waals surface area contributed by atoms with E-state index in [1.54, 1.807) is 0 Å². The lowest BCUT2D eigenvalue weighted by Gasteiger charge is -2.05. The van der Waals surface area contributed by atoms with Crippen LogP contribution in [0.5, 0.6) is 0 Å². The summed E-state index contributed by atoms with van der Waals surface area (Å²) >= 11 is 2.48. The molecule has 0 aliphatic carbocycles. The zero-order valence-electron chi connectivity index (χ0n) is 18.2. The van der Waals surface area contributed by atoms with E-state index in [4.69, 9.17) is 9.47 Å². The van der Waals surface area contributed by atoms with Gasteiger partial charge in [-0.3, -0.25) is 0 Å². The first-order valence-corrected chi connectivity index (χ1v) is 13.3. The number of alkyl halides is 1. The quantitative estimate of drug-likeness (QED) is 0.0465. The number of halogens is 1. The summed E-state index contributed by atoms with van der Waals surface area (Å²) in [4.78, 5) is 0. The number of rotatable bonds is 23. The maximum absolute atomic E-state index is 5.53. The normalized spacial score (nSPS) is 11.6. The third-order valence-corrected chi connectivity index (χ3v) is 5.67. The molecule has 0 radical (unpaired) electrons. The van der Waals surface area contributed by atoms with Gasteiger partial charge in [0, 0.05) is 6.61 Å². The molecule has 2 nitrogen and oxygen atoms in total. The van der Waals surface area contributed by atoms with E-state index < -0.39 is 0 Å². The second-order valence-electron chi connectivity index (χ2n) is 7.62. The highest BCUT2D eigenvalue weighted by Crippen LogP contribution is 2.10. The van der Waals surface area contributed by atoms with Gasteiger partial charge in [0.15, 0.2) is 0 Å². The van der Waals surface area contributed by atoms with E-state index in [1.807, 2.05) is 0 Å². The summed E-state index contributed by atoms with van der Waals surface area (Å²) in [6.45, 7) is 4.36. The van der Waals surface area contributed by atoms with Gasteiger partial charge in [-0.15, -0.1) is 0 Å². The third-order valence-electron chi connectivity index (χ3n) is 4.91. The molecule has 0 unspecified atom stereocenters. The Morgan fingerprint density at radius 3 is 1.74 bits per heavy atom. The lowest BCUT2D eigenvalue weighted by atomic mass is 10.1. The van der Waals surface area contributed by atoms with Crippen LogP contribution in [0.2, 0.25) is 0 Å². The number of hydrogen-bond acceptors (Lipinski definition) is 2. The summed E-state index contributed by atoms with van der Waals surface area (Å²) in [6.07, 6.45) is 27.4. The minimum atomic E-state index is 0.460. The highest BCUT2D eigenvalue weighted by Gasteiger charge is 1.93. The fourth-order valence-electron chi connectivity index (χ4n) is 3.14. The molecule has 0 aromatic carbocycles. The van der Waals surface area contributed by atoms with Crippen molar-refractivity contribution in [3.8, 4) is 0 Å². The van der Waals surface area contributed by atoms with E-state index in [2.05, 4.69) is 41.7 Å². The van der Waals surface area contributed by atoms with Gasteiger partial charge < -0.3 is 9.47 Å². The minimum absolute atomic E-state index is 0.460. The van der Waals surface area contributed by atoms with E-state index in [1.165, 1.54) is 107 Å². The van der Waals surface area contributed by atoms with Gasteiger partial charge in [0.05, 0.1) is 6.61 Å². The van der Waals surface area contributed by atoms with Crippen LogP contribution in [-0.4, -0.2) is 24.4 Å². The van der Waals surface area contributed by atoms with E-state index >= 15 is 0 Å². The molecule has 0 aliphatic heterocycles. The number of hydrogen-bond donors (Lipinski definition) is 0.